The Labute approximate surface area is 176 Å². The second-order valence-electron chi connectivity index (χ2n) is 8.16. The van der Waals surface area contributed by atoms with Crippen LogP contribution in [-0.4, -0.2) is 43.1 Å². The van der Waals surface area contributed by atoms with Crippen molar-refractivity contribution in [3.05, 3.63) is 45.7 Å². The highest BCUT2D eigenvalue weighted by molar-refractivity contribution is 5.88. The van der Waals surface area contributed by atoms with Crippen LogP contribution in [0.15, 0.2) is 29.2 Å². The van der Waals surface area contributed by atoms with Crippen molar-refractivity contribution in [1.82, 2.24) is 4.57 Å². The molecule has 0 spiro atoms. The van der Waals surface area contributed by atoms with Gasteiger partial charge in [-0.25, -0.2) is 4.79 Å². The van der Waals surface area contributed by atoms with E-state index in [0.717, 1.165) is 17.5 Å². The molecule has 0 fully saturated rings. The average molecular weight is 415 g/mol. The number of aromatic carboxylic acids is 1. The van der Waals surface area contributed by atoms with Gasteiger partial charge < -0.3 is 23.9 Å². The molecule has 162 valence electrons. The molecule has 0 unspecified atom stereocenters. The van der Waals surface area contributed by atoms with Crippen molar-refractivity contribution in [2.45, 2.75) is 39.2 Å². The van der Waals surface area contributed by atoms with E-state index >= 15 is 0 Å². The van der Waals surface area contributed by atoms with E-state index in [1.54, 1.807) is 14.2 Å². The first kappa shape index (κ1) is 21.9. The van der Waals surface area contributed by atoms with Gasteiger partial charge in [0.25, 0.3) is 0 Å². The van der Waals surface area contributed by atoms with Gasteiger partial charge in [0.2, 0.25) is 0 Å². The maximum absolute atomic E-state index is 12.5. The minimum Gasteiger partial charge on any atom is -0.493 e. The topological polar surface area (TPSA) is 87.0 Å². The Kier molecular flexibility index (Phi) is 6.22. The number of hydrogen-bond donors (Lipinski definition) is 1. The highest BCUT2D eigenvalue weighted by Gasteiger charge is 2.38. The van der Waals surface area contributed by atoms with Gasteiger partial charge in [-0.3, -0.25) is 4.79 Å². The molecular weight excluding hydrogens is 386 g/mol. The third-order valence-corrected chi connectivity index (χ3v) is 6.04. The molecule has 7 nitrogen and oxygen atoms in total. The lowest BCUT2D eigenvalue weighted by Gasteiger charge is -2.43. The van der Waals surface area contributed by atoms with Crippen molar-refractivity contribution in [1.29, 1.82) is 0 Å². The number of rotatable bonds is 8. The SMILES string of the molecule is COCCCOc1cc2c(cc1OC)-c1cc(=O)c(C(=O)O)cn1[C@@](C)(C(C)C)C2. The summed E-state index contributed by atoms with van der Waals surface area (Å²) in [4.78, 5) is 24.1. The molecule has 2 aromatic rings. The fourth-order valence-corrected chi connectivity index (χ4v) is 3.92. The van der Waals surface area contributed by atoms with E-state index in [2.05, 4.69) is 20.8 Å². The van der Waals surface area contributed by atoms with Crippen LogP contribution in [0.5, 0.6) is 11.5 Å². The van der Waals surface area contributed by atoms with E-state index in [-0.39, 0.29) is 11.5 Å². The highest BCUT2D eigenvalue weighted by Crippen LogP contribution is 2.45. The molecule has 0 saturated heterocycles. The van der Waals surface area contributed by atoms with Crippen LogP contribution in [0.25, 0.3) is 11.3 Å². The van der Waals surface area contributed by atoms with Crippen LogP contribution in [0.3, 0.4) is 0 Å². The minimum absolute atomic E-state index is 0.196. The lowest BCUT2D eigenvalue weighted by molar-refractivity contribution is 0.0693. The number of carboxylic acids is 1. The van der Waals surface area contributed by atoms with Crippen LogP contribution < -0.4 is 14.9 Å². The number of methoxy groups -OCH3 is 2. The Morgan fingerprint density at radius 1 is 1.20 bits per heavy atom. The first-order valence-corrected chi connectivity index (χ1v) is 10.1. The van der Waals surface area contributed by atoms with Crippen molar-refractivity contribution in [3.8, 4) is 22.8 Å². The lowest BCUT2D eigenvalue weighted by Crippen LogP contribution is -2.42. The van der Waals surface area contributed by atoms with Gasteiger partial charge >= 0.3 is 5.97 Å². The quantitative estimate of drug-likeness (QED) is 0.664. The normalized spacial score (nSPS) is 17.4. The molecule has 1 atom stereocenters. The molecule has 0 aliphatic carbocycles. The smallest absolute Gasteiger partial charge is 0.341 e. The van der Waals surface area contributed by atoms with E-state index in [0.29, 0.717) is 36.8 Å². The molecule has 1 aromatic carbocycles. The van der Waals surface area contributed by atoms with Gasteiger partial charge in [-0.05, 0) is 37.0 Å². The highest BCUT2D eigenvalue weighted by atomic mass is 16.5. The van der Waals surface area contributed by atoms with Crippen molar-refractivity contribution < 1.29 is 24.1 Å². The number of fused-ring (bicyclic) bond motifs is 3. The lowest BCUT2D eigenvalue weighted by atomic mass is 9.77. The number of hydrogen-bond acceptors (Lipinski definition) is 5. The van der Waals surface area contributed by atoms with Crippen molar-refractivity contribution in [2.24, 2.45) is 5.92 Å². The van der Waals surface area contributed by atoms with Gasteiger partial charge in [0, 0.05) is 43.5 Å². The number of aromatic nitrogens is 1. The average Bonchev–Trinajstić information content (AvgIpc) is 2.70. The summed E-state index contributed by atoms with van der Waals surface area (Å²) in [5, 5.41) is 9.45. The monoisotopic (exact) mass is 415 g/mol. The predicted molar refractivity (Wildman–Crippen MR) is 114 cm³/mol. The fourth-order valence-electron chi connectivity index (χ4n) is 3.92. The Hall–Kier alpha value is -2.80. The molecule has 0 radical (unpaired) electrons. The Morgan fingerprint density at radius 3 is 2.53 bits per heavy atom. The van der Waals surface area contributed by atoms with Crippen LogP contribution in [-0.2, 0) is 16.7 Å². The molecule has 0 saturated carbocycles. The summed E-state index contributed by atoms with van der Waals surface area (Å²) in [6, 6.07) is 5.26. The molecule has 3 rings (SSSR count). The summed E-state index contributed by atoms with van der Waals surface area (Å²) < 4.78 is 18.5. The standard InChI is InChI=1S/C23H29NO6/c1-14(2)23(3)12-15-9-21(30-8-6-7-28-4)20(29-5)10-16(15)18-11-19(25)17(22(26)27)13-24(18)23/h9-11,13-14H,6-8,12H2,1-5H3,(H,26,27)/t23-/m1/s1. The second kappa shape index (κ2) is 8.52. The first-order valence-electron chi connectivity index (χ1n) is 10.1. The van der Waals surface area contributed by atoms with E-state index in [1.807, 2.05) is 16.7 Å². The van der Waals surface area contributed by atoms with Crippen LogP contribution >= 0.6 is 0 Å². The molecular formula is C23H29NO6. The largest absolute Gasteiger partial charge is 0.493 e. The third kappa shape index (κ3) is 3.81. The summed E-state index contributed by atoms with van der Waals surface area (Å²) in [7, 11) is 3.23. The summed E-state index contributed by atoms with van der Waals surface area (Å²) in [6.07, 6.45) is 2.91. The van der Waals surface area contributed by atoms with Gasteiger partial charge in [0.05, 0.1) is 19.4 Å². The molecule has 1 aromatic heterocycles. The molecule has 0 bridgehead atoms. The van der Waals surface area contributed by atoms with Crippen LogP contribution in [0.2, 0.25) is 0 Å². The molecule has 7 heteroatoms. The maximum atomic E-state index is 12.5. The number of ether oxygens (including phenoxy) is 3. The Morgan fingerprint density at radius 2 is 1.93 bits per heavy atom. The summed E-state index contributed by atoms with van der Waals surface area (Å²) in [5.41, 5.74) is 1.44. The van der Waals surface area contributed by atoms with E-state index < -0.39 is 16.9 Å². The van der Waals surface area contributed by atoms with Crippen molar-refractivity contribution in [2.75, 3.05) is 27.4 Å². The summed E-state index contributed by atoms with van der Waals surface area (Å²) in [5.74, 6) is 0.198. The molecule has 0 amide bonds. The molecule has 30 heavy (non-hydrogen) atoms. The Balaban J connectivity index is 2.17. The van der Waals surface area contributed by atoms with E-state index in [4.69, 9.17) is 14.2 Å². The van der Waals surface area contributed by atoms with Crippen LogP contribution in [0.4, 0.5) is 0 Å². The Bertz CT molecular complexity index is 1010. The molecule has 1 aliphatic heterocycles. The van der Waals surface area contributed by atoms with E-state index in [9.17, 15) is 14.7 Å². The zero-order valence-electron chi connectivity index (χ0n) is 18.2. The van der Waals surface area contributed by atoms with Crippen molar-refractivity contribution >= 4 is 5.97 Å². The number of carbonyl (C=O) groups is 1. The molecule has 1 N–H and O–H groups in total. The van der Waals surface area contributed by atoms with Crippen LogP contribution in [0, 0.1) is 5.92 Å². The third-order valence-electron chi connectivity index (χ3n) is 6.04. The zero-order chi connectivity index (χ0) is 22.1. The predicted octanol–water partition coefficient (Wildman–Crippen LogP) is 3.56. The van der Waals surface area contributed by atoms with Crippen LogP contribution in [0.1, 0.15) is 43.1 Å². The van der Waals surface area contributed by atoms with Gasteiger partial charge in [-0.15, -0.1) is 0 Å². The fraction of sp³-hybridized carbons (Fsp3) is 0.478. The number of benzene rings is 1. The number of carboxylic acid groups (broad SMARTS) is 1. The summed E-state index contributed by atoms with van der Waals surface area (Å²) in [6.45, 7) is 7.39. The van der Waals surface area contributed by atoms with Crippen molar-refractivity contribution in [3.63, 3.8) is 0 Å². The maximum Gasteiger partial charge on any atom is 0.341 e. The van der Waals surface area contributed by atoms with Gasteiger partial charge in [0.15, 0.2) is 16.9 Å². The zero-order valence-corrected chi connectivity index (χ0v) is 18.2. The van der Waals surface area contributed by atoms with Gasteiger partial charge in [-0.2, -0.15) is 0 Å². The van der Waals surface area contributed by atoms with E-state index in [1.165, 1.54) is 12.3 Å². The van der Waals surface area contributed by atoms with Gasteiger partial charge in [-0.1, -0.05) is 13.8 Å². The minimum atomic E-state index is -1.22. The van der Waals surface area contributed by atoms with Gasteiger partial charge in [0.1, 0.15) is 5.56 Å². The number of pyridine rings is 1. The first-order chi connectivity index (χ1) is 14.2. The molecule has 2 heterocycles. The summed E-state index contributed by atoms with van der Waals surface area (Å²) >= 11 is 0. The second-order valence-corrected chi connectivity index (χ2v) is 8.16. The number of nitrogens with zero attached hydrogens (tertiary/aromatic N) is 1. The molecule has 1 aliphatic rings.